The fourth-order valence-electron chi connectivity index (χ4n) is 1.99. The van der Waals surface area contributed by atoms with Gasteiger partial charge in [-0.15, -0.1) is 23.1 Å². The molecule has 0 saturated carbocycles. The van der Waals surface area contributed by atoms with Crippen LogP contribution in [-0.2, 0) is 13.1 Å². The molecule has 0 aliphatic rings. The third kappa shape index (κ3) is 4.16. The van der Waals surface area contributed by atoms with Crippen molar-refractivity contribution in [3.05, 3.63) is 38.5 Å². The summed E-state index contributed by atoms with van der Waals surface area (Å²) >= 11 is 7.01. The van der Waals surface area contributed by atoms with Crippen molar-refractivity contribution < 1.29 is 9.47 Å². The highest BCUT2D eigenvalue weighted by molar-refractivity contribution is 9.10. The Morgan fingerprint density at radius 1 is 1.19 bits per heavy atom. The molecule has 0 amide bonds. The van der Waals surface area contributed by atoms with Gasteiger partial charge in [0.15, 0.2) is 11.5 Å². The van der Waals surface area contributed by atoms with Crippen molar-refractivity contribution in [2.75, 3.05) is 20.5 Å². The second-order valence-corrected chi connectivity index (χ2v) is 7.02. The van der Waals surface area contributed by atoms with Crippen LogP contribution >= 0.6 is 39.0 Å². The third-order valence-electron chi connectivity index (χ3n) is 3.08. The van der Waals surface area contributed by atoms with Crippen molar-refractivity contribution in [3.63, 3.8) is 0 Å². The maximum atomic E-state index is 5.38. The van der Waals surface area contributed by atoms with Crippen LogP contribution in [0.2, 0.25) is 0 Å². The molecule has 1 aromatic carbocycles. The lowest BCUT2D eigenvalue weighted by atomic mass is 10.2. The molecule has 0 unspecified atom stereocenters. The summed E-state index contributed by atoms with van der Waals surface area (Å²) in [5.74, 6) is 1.54. The van der Waals surface area contributed by atoms with Gasteiger partial charge < -0.3 is 14.8 Å². The van der Waals surface area contributed by atoms with Crippen LogP contribution in [0.3, 0.4) is 0 Å². The topological polar surface area (TPSA) is 30.5 Å². The van der Waals surface area contributed by atoms with Crippen molar-refractivity contribution in [1.82, 2.24) is 5.32 Å². The molecule has 0 bridgehead atoms. The van der Waals surface area contributed by atoms with Crippen molar-refractivity contribution >= 4 is 39.0 Å². The highest BCUT2D eigenvalue weighted by Gasteiger charge is 2.11. The number of thiophene rings is 1. The number of nitrogens with one attached hydrogen (secondary N) is 1. The van der Waals surface area contributed by atoms with E-state index in [2.05, 4.69) is 38.9 Å². The van der Waals surface area contributed by atoms with Crippen LogP contribution in [0.25, 0.3) is 0 Å². The van der Waals surface area contributed by atoms with E-state index in [-0.39, 0.29) is 0 Å². The number of benzene rings is 1. The first-order chi connectivity index (χ1) is 10.2. The zero-order valence-corrected chi connectivity index (χ0v) is 15.5. The summed E-state index contributed by atoms with van der Waals surface area (Å²) in [7, 11) is 3.32. The van der Waals surface area contributed by atoms with E-state index in [1.54, 1.807) is 37.3 Å². The molecule has 6 heteroatoms. The predicted molar refractivity (Wildman–Crippen MR) is 93.9 cm³/mol. The molecule has 114 valence electrons. The molecule has 0 spiro atoms. The lowest BCUT2D eigenvalue weighted by Crippen LogP contribution is -2.13. The Morgan fingerprint density at radius 3 is 2.48 bits per heavy atom. The number of ether oxygens (including phenoxy) is 2. The van der Waals surface area contributed by atoms with Crippen LogP contribution in [-0.4, -0.2) is 20.5 Å². The Kier molecular flexibility index (Phi) is 6.41. The Labute approximate surface area is 142 Å². The van der Waals surface area contributed by atoms with E-state index in [0.717, 1.165) is 29.1 Å². The molecule has 3 nitrogen and oxygen atoms in total. The number of rotatable bonds is 7. The molecular weight excluding hydrogens is 370 g/mol. The van der Waals surface area contributed by atoms with E-state index in [9.17, 15) is 0 Å². The molecule has 0 aliphatic carbocycles. The minimum atomic E-state index is 0.768. The van der Waals surface area contributed by atoms with Gasteiger partial charge in [0, 0.05) is 27.3 Å². The second-order valence-electron chi connectivity index (χ2n) is 4.31. The monoisotopic (exact) mass is 387 g/mol. The maximum absolute atomic E-state index is 5.38. The summed E-state index contributed by atoms with van der Waals surface area (Å²) < 4.78 is 11.9. The van der Waals surface area contributed by atoms with Gasteiger partial charge in [0.25, 0.3) is 0 Å². The van der Waals surface area contributed by atoms with Crippen molar-refractivity contribution in [2.24, 2.45) is 0 Å². The van der Waals surface area contributed by atoms with E-state index in [0.29, 0.717) is 0 Å². The number of thioether (sulfide) groups is 1. The molecule has 21 heavy (non-hydrogen) atoms. The number of hydrogen-bond acceptors (Lipinski definition) is 5. The number of hydrogen-bond donors (Lipinski definition) is 1. The summed E-state index contributed by atoms with van der Waals surface area (Å²) in [5.41, 5.74) is 1.22. The van der Waals surface area contributed by atoms with Gasteiger partial charge in [-0.1, -0.05) is 0 Å². The number of methoxy groups -OCH3 is 2. The van der Waals surface area contributed by atoms with Gasteiger partial charge in [-0.2, -0.15) is 0 Å². The molecule has 0 aliphatic heterocycles. The highest BCUT2D eigenvalue weighted by atomic mass is 79.9. The maximum Gasteiger partial charge on any atom is 0.161 e. The van der Waals surface area contributed by atoms with Crippen LogP contribution in [0, 0.1) is 0 Å². The molecule has 2 rings (SSSR count). The molecule has 0 saturated heterocycles. The first-order valence-corrected chi connectivity index (χ1v) is 9.30. The quantitative estimate of drug-likeness (QED) is 0.706. The van der Waals surface area contributed by atoms with E-state index in [1.165, 1.54) is 15.3 Å². The van der Waals surface area contributed by atoms with Crippen LogP contribution in [0.1, 0.15) is 10.4 Å². The summed E-state index contributed by atoms with van der Waals surface area (Å²) in [4.78, 5) is 2.51. The van der Waals surface area contributed by atoms with Gasteiger partial charge in [0.05, 0.1) is 14.2 Å². The van der Waals surface area contributed by atoms with Crippen LogP contribution in [0.4, 0.5) is 0 Å². The van der Waals surface area contributed by atoms with Crippen LogP contribution in [0.5, 0.6) is 11.5 Å². The second kappa shape index (κ2) is 8.08. The van der Waals surface area contributed by atoms with Crippen molar-refractivity contribution in [2.45, 2.75) is 18.0 Å². The fourth-order valence-corrected chi connectivity index (χ4v) is 4.07. The smallest absolute Gasteiger partial charge is 0.161 e. The fraction of sp³-hybridized carbons (Fsp3) is 0.333. The van der Waals surface area contributed by atoms with Gasteiger partial charge in [0.1, 0.15) is 0 Å². The molecule has 2 aromatic rings. The van der Waals surface area contributed by atoms with Crippen LogP contribution < -0.4 is 14.8 Å². The Bertz CT molecular complexity index is 601. The average Bonchev–Trinajstić information content (AvgIpc) is 2.92. The first-order valence-electron chi connectivity index (χ1n) is 6.41. The molecule has 0 radical (unpaired) electrons. The van der Waals surface area contributed by atoms with E-state index < -0.39 is 0 Å². The molecule has 1 aromatic heterocycles. The lowest BCUT2D eigenvalue weighted by Gasteiger charge is -2.14. The minimum Gasteiger partial charge on any atom is -0.493 e. The van der Waals surface area contributed by atoms with Crippen LogP contribution in [0.15, 0.2) is 32.9 Å². The third-order valence-corrected chi connectivity index (χ3v) is 5.82. The number of halogens is 1. The summed E-state index contributed by atoms with van der Waals surface area (Å²) in [6.45, 7) is 1.64. The molecule has 1 heterocycles. The molecule has 1 N–H and O–H groups in total. The van der Waals surface area contributed by atoms with Crippen molar-refractivity contribution in [3.8, 4) is 11.5 Å². The Balaban J connectivity index is 2.09. The van der Waals surface area contributed by atoms with Gasteiger partial charge >= 0.3 is 0 Å². The molecule has 0 atom stereocenters. The Morgan fingerprint density at radius 2 is 1.90 bits per heavy atom. The van der Waals surface area contributed by atoms with E-state index >= 15 is 0 Å². The van der Waals surface area contributed by atoms with Gasteiger partial charge in [-0.3, -0.25) is 0 Å². The Hall–Kier alpha value is -0.690. The zero-order valence-electron chi connectivity index (χ0n) is 12.2. The minimum absolute atomic E-state index is 0.768. The predicted octanol–water partition coefficient (Wildman–Crippen LogP) is 4.54. The summed E-state index contributed by atoms with van der Waals surface area (Å²) in [6.07, 6.45) is 2.07. The SMILES string of the molecule is COc1cc(CNCc2sccc2Br)c(SC)cc1OC. The zero-order chi connectivity index (χ0) is 15.2. The molecule has 0 fully saturated rings. The highest BCUT2D eigenvalue weighted by Crippen LogP contribution is 2.34. The van der Waals surface area contributed by atoms with Gasteiger partial charge in [-0.05, 0) is 51.3 Å². The standard InChI is InChI=1S/C15H18BrNO2S2/c1-18-12-6-10(14(20-3)7-13(12)19-2)8-17-9-15-11(16)4-5-21-15/h4-7,17H,8-9H2,1-3H3. The van der Waals surface area contributed by atoms with Gasteiger partial charge in [0.2, 0.25) is 0 Å². The molecular formula is C15H18BrNO2S2. The lowest BCUT2D eigenvalue weighted by molar-refractivity contribution is 0.353. The first kappa shape index (κ1) is 16.7. The average molecular weight is 388 g/mol. The largest absolute Gasteiger partial charge is 0.493 e. The summed E-state index contributed by atoms with van der Waals surface area (Å²) in [5, 5.41) is 5.57. The van der Waals surface area contributed by atoms with Gasteiger partial charge in [-0.25, -0.2) is 0 Å². The van der Waals surface area contributed by atoms with E-state index in [4.69, 9.17) is 9.47 Å². The van der Waals surface area contributed by atoms with Crippen molar-refractivity contribution in [1.29, 1.82) is 0 Å². The van der Waals surface area contributed by atoms with E-state index in [1.807, 2.05) is 12.1 Å². The summed E-state index contributed by atoms with van der Waals surface area (Å²) in [6, 6.07) is 6.15. The normalized spacial score (nSPS) is 10.7.